The van der Waals surface area contributed by atoms with Crippen molar-refractivity contribution in [3.05, 3.63) is 75.2 Å². The van der Waals surface area contributed by atoms with E-state index in [1.54, 1.807) is 29.2 Å². The summed E-state index contributed by atoms with van der Waals surface area (Å²) in [7, 11) is -3.93. The van der Waals surface area contributed by atoms with Crippen LogP contribution >= 0.6 is 11.6 Å². The van der Waals surface area contributed by atoms with E-state index in [0.29, 0.717) is 10.7 Å². The molecule has 0 unspecified atom stereocenters. The second-order valence-corrected chi connectivity index (χ2v) is 8.58. The average molecular weight is 425 g/mol. The normalized spacial score (nSPS) is 16.1. The van der Waals surface area contributed by atoms with Crippen LogP contribution in [0.4, 0.5) is 10.1 Å². The fraction of sp³-hybridized carbons (Fsp3) is 0.176. The van der Waals surface area contributed by atoms with Crippen LogP contribution in [0.15, 0.2) is 56.7 Å². The zero-order chi connectivity index (χ0) is 19.9. The second kappa shape index (κ2) is 7.04. The number of hydrogen-bond donors (Lipinski definition) is 1. The molecule has 0 aliphatic carbocycles. The molecule has 0 atom stereocenters. The number of aromatic amines is 1. The van der Waals surface area contributed by atoms with Gasteiger partial charge in [-0.1, -0.05) is 28.9 Å². The van der Waals surface area contributed by atoms with Gasteiger partial charge in [0.05, 0.1) is 18.9 Å². The van der Waals surface area contributed by atoms with Crippen LogP contribution in [0.25, 0.3) is 0 Å². The average Bonchev–Trinajstić information content (AvgIpc) is 3.06. The molecule has 0 saturated carbocycles. The first kappa shape index (κ1) is 18.7. The highest BCUT2D eigenvalue weighted by atomic mass is 35.5. The number of sulfonamides is 1. The summed E-state index contributed by atoms with van der Waals surface area (Å²) in [6, 6.07) is 10.3. The van der Waals surface area contributed by atoms with E-state index in [1.807, 2.05) is 0 Å². The molecule has 1 aromatic heterocycles. The van der Waals surface area contributed by atoms with Gasteiger partial charge in [-0.15, -0.1) is 0 Å². The summed E-state index contributed by atoms with van der Waals surface area (Å²) in [4.78, 5) is 15.1. The zero-order valence-corrected chi connectivity index (χ0v) is 15.9. The van der Waals surface area contributed by atoms with Crippen molar-refractivity contribution < 1.29 is 17.3 Å². The zero-order valence-electron chi connectivity index (χ0n) is 14.3. The van der Waals surface area contributed by atoms with Gasteiger partial charge in [-0.2, -0.15) is 4.31 Å². The maximum absolute atomic E-state index is 13.8. The Bertz CT molecular complexity index is 1180. The van der Waals surface area contributed by atoms with E-state index in [4.69, 9.17) is 11.6 Å². The number of H-pyrrole nitrogens is 1. The molecule has 0 radical (unpaired) electrons. The van der Waals surface area contributed by atoms with Gasteiger partial charge in [0, 0.05) is 11.6 Å². The molecule has 0 amide bonds. The highest BCUT2D eigenvalue weighted by Gasteiger charge is 2.36. The Morgan fingerprint density at radius 3 is 2.61 bits per heavy atom. The lowest BCUT2D eigenvalue weighted by Gasteiger charge is -2.37. The van der Waals surface area contributed by atoms with Gasteiger partial charge in [0.15, 0.2) is 5.82 Å². The van der Waals surface area contributed by atoms with Crippen LogP contribution in [-0.4, -0.2) is 29.5 Å². The fourth-order valence-corrected chi connectivity index (χ4v) is 4.75. The molecule has 1 aliphatic rings. The number of nitrogens with one attached hydrogen (secondary N) is 1. The second-order valence-electron chi connectivity index (χ2n) is 6.23. The van der Waals surface area contributed by atoms with Crippen LogP contribution in [0.2, 0.25) is 5.02 Å². The Labute approximate surface area is 164 Å². The van der Waals surface area contributed by atoms with Crippen molar-refractivity contribution in [2.45, 2.75) is 18.0 Å². The lowest BCUT2D eigenvalue weighted by Crippen LogP contribution is -2.45. The summed E-state index contributed by atoms with van der Waals surface area (Å²) in [6.07, 6.45) is 0. The summed E-state index contributed by atoms with van der Waals surface area (Å²) < 4.78 is 45.6. The Hall–Kier alpha value is -2.69. The number of rotatable bonds is 4. The number of nitrogens with zero attached hydrogens (tertiary/aromatic N) is 3. The Kier molecular flexibility index (Phi) is 4.69. The van der Waals surface area contributed by atoms with Crippen LogP contribution in [-0.2, 0) is 23.1 Å². The van der Waals surface area contributed by atoms with Crippen molar-refractivity contribution >= 4 is 27.3 Å². The highest BCUT2D eigenvalue weighted by molar-refractivity contribution is 7.89. The fourth-order valence-electron chi connectivity index (χ4n) is 3.01. The third kappa shape index (κ3) is 3.53. The quantitative estimate of drug-likeness (QED) is 0.690. The number of anilines is 1. The molecule has 0 fully saturated rings. The van der Waals surface area contributed by atoms with Gasteiger partial charge < -0.3 is 4.90 Å². The molecule has 0 saturated heterocycles. The van der Waals surface area contributed by atoms with Crippen molar-refractivity contribution in [1.82, 2.24) is 14.4 Å². The van der Waals surface area contributed by atoms with Crippen molar-refractivity contribution in [2.75, 3.05) is 11.6 Å². The molecular weight excluding hydrogens is 411 g/mol. The number of halogens is 2. The molecule has 0 spiro atoms. The van der Waals surface area contributed by atoms with Gasteiger partial charge in [-0.25, -0.2) is 17.6 Å². The maximum atomic E-state index is 13.8. The predicted octanol–water partition coefficient (Wildman–Crippen LogP) is 2.32. The van der Waals surface area contributed by atoms with Crippen molar-refractivity contribution in [3.63, 3.8) is 0 Å². The molecule has 3 aromatic rings. The molecule has 146 valence electrons. The standard InChI is InChI=1S/C17H14ClFN4O4S/c18-12-3-1-11(2-4-12)8-23-10-22(9-16-20-17(24)27-21-16)14-6-5-13(19)7-15(14)28(23,25)26/h1-7H,8-10H2,(H,20,21,24). The molecule has 2 aromatic carbocycles. The van der Waals surface area contributed by atoms with Crippen LogP contribution in [0, 0.1) is 5.82 Å². The molecule has 2 heterocycles. The first-order chi connectivity index (χ1) is 13.3. The maximum Gasteiger partial charge on any atom is 0.438 e. The molecular formula is C17H14ClFN4O4S. The summed E-state index contributed by atoms with van der Waals surface area (Å²) in [5.74, 6) is -1.14. The first-order valence-corrected chi connectivity index (χ1v) is 9.99. The van der Waals surface area contributed by atoms with E-state index < -0.39 is 21.6 Å². The van der Waals surface area contributed by atoms with E-state index in [1.165, 1.54) is 16.4 Å². The van der Waals surface area contributed by atoms with Gasteiger partial charge in [0.1, 0.15) is 10.7 Å². The number of aromatic nitrogens is 2. The molecule has 4 rings (SSSR count). The van der Waals surface area contributed by atoms with E-state index >= 15 is 0 Å². The monoisotopic (exact) mass is 424 g/mol. The molecule has 0 bridgehead atoms. The van der Waals surface area contributed by atoms with Crippen molar-refractivity contribution in [1.29, 1.82) is 0 Å². The third-order valence-corrected chi connectivity index (χ3v) is 6.37. The first-order valence-electron chi connectivity index (χ1n) is 8.17. The summed E-state index contributed by atoms with van der Waals surface area (Å²) >= 11 is 5.88. The highest BCUT2D eigenvalue weighted by Crippen LogP contribution is 2.35. The van der Waals surface area contributed by atoms with Gasteiger partial charge >= 0.3 is 5.76 Å². The summed E-state index contributed by atoms with van der Waals surface area (Å²) in [5.41, 5.74) is 1.04. The minimum Gasteiger partial charge on any atom is -0.349 e. The van der Waals surface area contributed by atoms with E-state index in [-0.39, 0.29) is 30.5 Å². The van der Waals surface area contributed by atoms with Gasteiger partial charge in [-0.05, 0) is 35.9 Å². The summed E-state index contributed by atoms with van der Waals surface area (Å²) in [6.45, 7) is 0.136. The Balaban J connectivity index is 1.73. The van der Waals surface area contributed by atoms with Gasteiger partial charge in [-0.3, -0.25) is 9.51 Å². The van der Waals surface area contributed by atoms with E-state index in [9.17, 15) is 17.6 Å². The third-order valence-electron chi connectivity index (χ3n) is 4.31. The van der Waals surface area contributed by atoms with E-state index in [2.05, 4.69) is 14.7 Å². The smallest absolute Gasteiger partial charge is 0.349 e. The topological polar surface area (TPSA) is 99.5 Å². The van der Waals surface area contributed by atoms with Crippen LogP contribution in [0.3, 0.4) is 0 Å². The van der Waals surface area contributed by atoms with Crippen LogP contribution in [0.5, 0.6) is 0 Å². The van der Waals surface area contributed by atoms with Crippen LogP contribution in [0.1, 0.15) is 11.4 Å². The number of hydrogen-bond acceptors (Lipinski definition) is 6. The minimum atomic E-state index is -3.93. The number of fused-ring (bicyclic) bond motifs is 1. The van der Waals surface area contributed by atoms with Gasteiger partial charge in [0.25, 0.3) is 0 Å². The molecule has 11 heteroatoms. The Morgan fingerprint density at radius 1 is 1.18 bits per heavy atom. The molecule has 1 aliphatic heterocycles. The minimum absolute atomic E-state index is 0.0154. The SMILES string of the molecule is O=c1[nH]c(CN2CN(Cc3ccc(Cl)cc3)S(=O)(=O)c3cc(F)ccc32)no1. The molecule has 8 nitrogen and oxygen atoms in total. The van der Waals surface area contributed by atoms with Crippen molar-refractivity contribution in [2.24, 2.45) is 0 Å². The van der Waals surface area contributed by atoms with Gasteiger partial charge in [0.2, 0.25) is 10.0 Å². The lowest BCUT2D eigenvalue weighted by atomic mass is 10.2. The predicted molar refractivity (Wildman–Crippen MR) is 98.8 cm³/mol. The summed E-state index contributed by atoms with van der Waals surface area (Å²) in [5, 5.41) is 4.15. The number of benzene rings is 2. The van der Waals surface area contributed by atoms with Crippen LogP contribution < -0.4 is 10.7 Å². The van der Waals surface area contributed by atoms with Crippen molar-refractivity contribution in [3.8, 4) is 0 Å². The molecule has 28 heavy (non-hydrogen) atoms. The largest absolute Gasteiger partial charge is 0.438 e. The lowest BCUT2D eigenvalue weighted by molar-refractivity contribution is 0.371. The molecule has 1 N–H and O–H groups in total. The Morgan fingerprint density at radius 2 is 1.93 bits per heavy atom. The van der Waals surface area contributed by atoms with E-state index in [0.717, 1.165) is 11.6 Å².